The number of anilines is 1. The van der Waals surface area contributed by atoms with Gasteiger partial charge in [-0.3, -0.25) is 0 Å². The smallest absolute Gasteiger partial charge is 0.0400 e. The molecule has 0 saturated carbocycles. The van der Waals surface area contributed by atoms with Crippen LogP contribution in [-0.2, 0) is 6.54 Å². The molecule has 0 fully saturated rings. The lowest BCUT2D eigenvalue weighted by Crippen LogP contribution is -1.99. The first kappa shape index (κ1) is 16.2. The van der Waals surface area contributed by atoms with Gasteiger partial charge in [0, 0.05) is 12.2 Å². The summed E-state index contributed by atoms with van der Waals surface area (Å²) in [6, 6.07) is 38.3. The number of benzene rings is 4. The third kappa shape index (κ3) is 3.84. The number of nitrogens with one attached hydrogen (secondary N) is 1. The molecule has 26 heavy (non-hydrogen) atoms. The second kappa shape index (κ2) is 7.71. The zero-order valence-electron chi connectivity index (χ0n) is 14.6. The molecule has 4 aromatic rings. The van der Waals surface area contributed by atoms with Gasteiger partial charge in [-0.15, -0.1) is 0 Å². The van der Waals surface area contributed by atoms with E-state index in [0.717, 1.165) is 12.2 Å². The number of rotatable bonds is 5. The second-order valence-corrected chi connectivity index (χ2v) is 6.37. The van der Waals surface area contributed by atoms with E-state index in [4.69, 9.17) is 0 Å². The lowest BCUT2D eigenvalue weighted by atomic mass is 9.98. The Bertz CT molecular complexity index is 903. The minimum atomic E-state index is 0.813. The quantitative estimate of drug-likeness (QED) is 0.431. The average molecular weight is 335 g/mol. The van der Waals surface area contributed by atoms with Gasteiger partial charge in [0.1, 0.15) is 0 Å². The normalized spacial score (nSPS) is 10.5. The van der Waals surface area contributed by atoms with Crippen molar-refractivity contribution < 1.29 is 0 Å². The summed E-state index contributed by atoms with van der Waals surface area (Å²) < 4.78 is 0. The van der Waals surface area contributed by atoms with E-state index in [2.05, 4.69) is 108 Å². The molecule has 0 spiro atoms. The molecule has 4 rings (SSSR count). The van der Waals surface area contributed by atoms with E-state index in [1.807, 2.05) is 6.07 Å². The van der Waals surface area contributed by atoms with Crippen LogP contribution in [0.25, 0.3) is 22.3 Å². The molecule has 1 N–H and O–H groups in total. The summed E-state index contributed by atoms with van der Waals surface area (Å²) in [4.78, 5) is 0. The molecule has 0 amide bonds. The minimum Gasteiger partial charge on any atom is -0.381 e. The summed E-state index contributed by atoms with van der Waals surface area (Å²) in [5.41, 5.74) is 7.32. The molecule has 0 heterocycles. The molecule has 0 bridgehead atoms. The Labute approximate surface area is 155 Å². The van der Waals surface area contributed by atoms with Gasteiger partial charge in [-0.05, 0) is 46.0 Å². The molecule has 126 valence electrons. The first-order chi connectivity index (χ1) is 12.9. The highest BCUT2D eigenvalue weighted by Gasteiger charge is 2.05. The van der Waals surface area contributed by atoms with E-state index in [1.54, 1.807) is 0 Å². The number of hydrogen-bond donors (Lipinski definition) is 1. The third-order valence-electron chi connectivity index (χ3n) is 4.49. The summed E-state index contributed by atoms with van der Waals surface area (Å²) in [6.45, 7) is 0.813. The summed E-state index contributed by atoms with van der Waals surface area (Å²) in [6.07, 6.45) is 0. The molecular formula is C25H21N. The Morgan fingerprint density at radius 2 is 0.923 bits per heavy atom. The molecular weight excluding hydrogens is 314 g/mol. The van der Waals surface area contributed by atoms with Crippen molar-refractivity contribution in [2.45, 2.75) is 6.54 Å². The van der Waals surface area contributed by atoms with Gasteiger partial charge in [0.15, 0.2) is 0 Å². The largest absolute Gasteiger partial charge is 0.381 e. The maximum atomic E-state index is 3.58. The van der Waals surface area contributed by atoms with Crippen molar-refractivity contribution >= 4 is 5.69 Å². The van der Waals surface area contributed by atoms with Crippen LogP contribution in [0.5, 0.6) is 0 Å². The van der Waals surface area contributed by atoms with E-state index in [9.17, 15) is 0 Å². The van der Waals surface area contributed by atoms with Gasteiger partial charge in [0.25, 0.3) is 0 Å². The first-order valence-electron chi connectivity index (χ1n) is 8.92. The third-order valence-corrected chi connectivity index (χ3v) is 4.49. The molecule has 0 atom stereocenters. The molecule has 0 aromatic heterocycles. The van der Waals surface area contributed by atoms with E-state index in [1.165, 1.54) is 27.8 Å². The predicted molar refractivity (Wildman–Crippen MR) is 111 cm³/mol. The van der Waals surface area contributed by atoms with E-state index < -0.39 is 0 Å². The van der Waals surface area contributed by atoms with Crippen molar-refractivity contribution in [3.05, 3.63) is 115 Å². The van der Waals surface area contributed by atoms with Gasteiger partial charge in [-0.2, -0.15) is 0 Å². The highest BCUT2D eigenvalue weighted by atomic mass is 14.9. The molecule has 4 aromatic carbocycles. The van der Waals surface area contributed by atoms with Crippen LogP contribution in [0, 0.1) is 0 Å². The van der Waals surface area contributed by atoms with Crippen molar-refractivity contribution in [2.75, 3.05) is 5.32 Å². The zero-order chi connectivity index (χ0) is 17.6. The van der Waals surface area contributed by atoms with Crippen molar-refractivity contribution in [2.24, 2.45) is 0 Å². The van der Waals surface area contributed by atoms with Crippen LogP contribution in [0.4, 0.5) is 5.69 Å². The monoisotopic (exact) mass is 335 g/mol. The van der Waals surface area contributed by atoms with Crippen molar-refractivity contribution in [1.29, 1.82) is 0 Å². The summed E-state index contributed by atoms with van der Waals surface area (Å²) >= 11 is 0. The summed E-state index contributed by atoms with van der Waals surface area (Å²) in [5.74, 6) is 0. The van der Waals surface area contributed by atoms with Crippen LogP contribution in [0.15, 0.2) is 109 Å². The number of hydrogen-bond acceptors (Lipinski definition) is 1. The first-order valence-corrected chi connectivity index (χ1v) is 8.92. The second-order valence-electron chi connectivity index (χ2n) is 6.37. The van der Waals surface area contributed by atoms with Crippen molar-refractivity contribution in [3.8, 4) is 22.3 Å². The maximum absolute atomic E-state index is 3.58. The Kier molecular flexibility index (Phi) is 4.79. The molecule has 0 radical (unpaired) electrons. The van der Waals surface area contributed by atoms with E-state index in [0.29, 0.717) is 0 Å². The SMILES string of the molecule is c1ccc(CNc2cc(-c3ccccc3)cc(-c3ccccc3)c2)cc1. The Morgan fingerprint density at radius 1 is 0.462 bits per heavy atom. The minimum absolute atomic E-state index is 0.813. The fourth-order valence-electron chi connectivity index (χ4n) is 3.12. The van der Waals surface area contributed by atoms with Gasteiger partial charge >= 0.3 is 0 Å². The van der Waals surface area contributed by atoms with Crippen LogP contribution in [-0.4, -0.2) is 0 Å². The highest BCUT2D eigenvalue weighted by Crippen LogP contribution is 2.30. The van der Waals surface area contributed by atoms with E-state index >= 15 is 0 Å². The van der Waals surface area contributed by atoms with Gasteiger partial charge in [0.2, 0.25) is 0 Å². The van der Waals surface area contributed by atoms with Crippen LogP contribution in [0.1, 0.15) is 5.56 Å². The Balaban J connectivity index is 1.70. The lowest BCUT2D eigenvalue weighted by Gasteiger charge is -2.13. The van der Waals surface area contributed by atoms with Crippen LogP contribution >= 0.6 is 0 Å². The molecule has 0 saturated heterocycles. The van der Waals surface area contributed by atoms with Crippen molar-refractivity contribution in [3.63, 3.8) is 0 Å². The standard InChI is InChI=1S/C25H21N/c1-4-10-20(11-5-1)19-26-25-17-23(21-12-6-2-7-13-21)16-24(18-25)22-14-8-3-9-15-22/h1-18,26H,19H2. The fourth-order valence-corrected chi connectivity index (χ4v) is 3.12. The summed E-state index contributed by atoms with van der Waals surface area (Å²) in [5, 5.41) is 3.58. The molecule has 0 aliphatic rings. The zero-order valence-corrected chi connectivity index (χ0v) is 14.6. The topological polar surface area (TPSA) is 12.0 Å². The molecule has 0 aliphatic heterocycles. The van der Waals surface area contributed by atoms with Crippen molar-refractivity contribution in [1.82, 2.24) is 0 Å². The highest BCUT2D eigenvalue weighted by molar-refractivity contribution is 5.78. The van der Waals surface area contributed by atoms with Crippen LogP contribution in [0.2, 0.25) is 0 Å². The molecule has 1 heteroatoms. The Morgan fingerprint density at radius 3 is 1.42 bits per heavy atom. The summed E-state index contributed by atoms with van der Waals surface area (Å²) in [7, 11) is 0. The Hall–Kier alpha value is -3.32. The maximum Gasteiger partial charge on any atom is 0.0400 e. The van der Waals surface area contributed by atoms with E-state index in [-0.39, 0.29) is 0 Å². The lowest BCUT2D eigenvalue weighted by molar-refractivity contribution is 1.15. The van der Waals surface area contributed by atoms with Gasteiger partial charge < -0.3 is 5.32 Å². The fraction of sp³-hybridized carbons (Fsp3) is 0.0400. The van der Waals surface area contributed by atoms with Crippen LogP contribution < -0.4 is 5.32 Å². The van der Waals surface area contributed by atoms with Crippen LogP contribution in [0.3, 0.4) is 0 Å². The molecule has 1 nitrogen and oxygen atoms in total. The van der Waals surface area contributed by atoms with Gasteiger partial charge in [-0.25, -0.2) is 0 Å². The van der Waals surface area contributed by atoms with Gasteiger partial charge in [-0.1, -0.05) is 91.0 Å². The molecule has 0 aliphatic carbocycles. The molecule has 0 unspecified atom stereocenters. The average Bonchev–Trinajstić information content (AvgIpc) is 2.74. The van der Waals surface area contributed by atoms with Gasteiger partial charge in [0.05, 0.1) is 0 Å². The predicted octanol–water partition coefficient (Wildman–Crippen LogP) is 6.63.